The number of carboxylic acids is 1. The molecule has 5 aromatic rings. The molecule has 0 amide bonds. The van der Waals surface area contributed by atoms with E-state index in [0.717, 1.165) is 22.0 Å². The number of aryl methyl sites for hydroxylation is 2. The van der Waals surface area contributed by atoms with Crippen LogP contribution in [0.15, 0.2) is 54.0 Å². The molecule has 154 valence electrons. The minimum absolute atomic E-state index is 0.309. The first-order valence-corrected chi connectivity index (χ1v) is 9.47. The van der Waals surface area contributed by atoms with Crippen molar-refractivity contribution < 1.29 is 9.90 Å². The number of carboxylic acid groups (broad SMARTS) is 1. The van der Waals surface area contributed by atoms with Gasteiger partial charge in [0.2, 0.25) is 0 Å². The van der Waals surface area contributed by atoms with Gasteiger partial charge >= 0.3 is 11.7 Å². The van der Waals surface area contributed by atoms with Crippen molar-refractivity contribution in [3.05, 3.63) is 65.2 Å². The number of pyridine rings is 1. The molecule has 0 saturated heterocycles. The monoisotopic (exact) mass is 415 g/mol. The van der Waals surface area contributed by atoms with Gasteiger partial charge in [-0.25, -0.2) is 14.3 Å². The zero-order valence-corrected chi connectivity index (χ0v) is 16.7. The van der Waals surface area contributed by atoms with Crippen molar-refractivity contribution in [2.24, 2.45) is 7.05 Å². The summed E-state index contributed by atoms with van der Waals surface area (Å²) in [6.07, 6.45) is 8.25. The van der Waals surface area contributed by atoms with Crippen molar-refractivity contribution >= 4 is 27.9 Å². The number of aromatic nitrogens is 7. The average molecular weight is 415 g/mol. The third-order valence-corrected chi connectivity index (χ3v) is 5.26. The summed E-state index contributed by atoms with van der Waals surface area (Å²) in [5, 5.41) is 14.4. The number of fused-ring (bicyclic) bond motifs is 2. The molecule has 1 aromatic carbocycles. The normalized spacial score (nSPS) is 11.4. The molecule has 10 nitrogen and oxygen atoms in total. The summed E-state index contributed by atoms with van der Waals surface area (Å²) in [6, 6.07) is 5.37. The molecule has 0 unspecified atom stereocenters. The maximum atomic E-state index is 13.1. The predicted molar refractivity (Wildman–Crippen MR) is 113 cm³/mol. The predicted octanol–water partition coefficient (Wildman–Crippen LogP) is 1.92. The molecule has 0 fully saturated rings. The third-order valence-electron chi connectivity index (χ3n) is 5.26. The first-order chi connectivity index (χ1) is 15.0. The quantitative estimate of drug-likeness (QED) is 0.476. The van der Waals surface area contributed by atoms with Gasteiger partial charge in [0.05, 0.1) is 47.0 Å². The lowest BCUT2D eigenvalue weighted by Crippen LogP contribution is -2.26. The maximum absolute atomic E-state index is 13.1. The number of hydrogen-bond donors (Lipinski definition) is 1. The van der Waals surface area contributed by atoms with Crippen molar-refractivity contribution in [2.45, 2.75) is 13.5 Å². The maximum Gasteiger partial charge on any atom is 0.335 e. The molecule has 0 bridgehead atoms. The Kier molecular flexibility index (Phi) is 4.14. The molecule has 4 heterocycles. The van der Waals surface area contributed by atoms with Crippen LogP contribution in [0, 0.1) is 6.92 Å². The van der Waals surface area contributed by atoms with Gasteiger partial charge in [0, 0.05) is 24.2 Å². The van der Waals surface area contributed by atoms with Gasteiger partial charge < -0.3 is 5.11 Å². The van der Waals surface area contributed by atoms with E-state index in [4.69, 9.17) is 0 Å². The minimum Gasteiger partial charge on any atom is -0.480 e. The second-order valence-corrected chi connectivity index (χ2v) is 7.19. The molecule has 10 heteroatoms. The van der Waals surface area contributed by atoms with Gasteiger partial charge in [-0.2, -0.15) is 5.10 Å². The van der Waals surface area contributed by atoms with Gasteiger partial charge in [0.25, 0.3) is 0 Å². The lowest BCUT2D eigenvalue weighted by atomic mass is 10.1. The summed E-state index contributed by atoms with van der Waals surface area (Å²) in [4.78, 5) is 37.6. The Balaban J connectivity index is 1.68. The Morgan fingerprint density at radius 2 is 1.90 bits per heavy atom. The second-order valence-electron chi connectivity index (χ2n) is 7.19. The molecular formula is C21H17N7O3. The molecular weight excluding hydrogens is 398 g/mol. The van der Waals surface area contributed by atoms with E-state index in [1.54, 1.807) is 41.6 Å². The first-order valence-electron chi connectivity index (χ1n) is 9.47. The van der Waals surface area contributed by atoms with Crippen LogP contribution in [0.2, 0.25) is 0 Å². The zero-order valence-electron chi connectivity index (χ0n) is 16.7. The number of benzene rings is 1. The highest BCUT2D eigenvalue weighted by atomic mass is 16.4. The molecule has 0 radical (unpaired) electrons. The Hall–Kier alpha value is -4.34. The van der Waals surface area contributed by atoms with Crippen molar-refractivity contribution in [3.8, 4) is 17.1 Å². The SMILES string of the molecule is Cc1cccc2c1n(-c1cnc(-c3cncc4c3cnn4C)cn1)c(=O)n2CC(=O)O. The van der Waals surface area contributed by atoms with Gasteiger partial charge in [0.15, 0.2) is 5.82 Å². The number of nitrogens with zero attached hydrogens (tertiary/aromatic N) is 7. The van der Waals surface area contributed by atoms with E-state index in [9.17, 15) is 14.7 Å². The highest BCUT2D eigenvalue weighted by Gasteiger charge is 2.19. The number of rotatable bonds is 4. The van der Waals surface area contributed by atoms with E-state index in [1.165, 1.54) is 15.3 Å². The summed E-state index contributed by atoms with van der Waals surface area (Å²) < 4.78 is 4.35. The average Bonchev–Trinajstić information content (AvgIpc) is 3.27. The van der Waals surface area contributed by atoms with E-state index in [2.05, 4.69) is 20.1 Å². The standard InChI is InChI=1S/C21H17N7O3/c1-12-4-3-5-16-20(12)28(21(31)27(16)11-19(29)30)18-10-23-15(8-24-18)13-6-22-9-17-14(13)7-25-26(17)2/h3-10H,11H2,1-2H3,(H,29,30). The third kappa shape index (κ3) is 2.88. The van der Waals surface area contributed by atoms with E-state index in [-0.39, 0.29) is 0 Å². The summed E-state index contributed by atoms with van der Waals surface area (Å²) in [5.41, 5.74) is 3.72. The molecule has 0 aliphatic heterocycles. The smallest absolute Gasteiger partial charge is 0.335 e. The molecule has 1 N–H and O–H groups in total. The van der Waals surface area contributed by atoms with Crippen LogP contribution in [0.25, 0.3) is 39.0 Å². The molecule has 4 aromatic heterocycles. The van der Waals surface area contributed by atoms with Crippen LogP contribution < -0.4 is 5.69 Å². The molecule has 31 heavy (non-hydrogen) atoms. The van der Waals surface area contributed by atoms with Gasteiger partial charge in [-0.15, -0.1) is 0 Å². The Morgan fingerprint density at radius 1 is 1.06 bits per heavy atom. The summed E-state index contributed by atoms with van der Waals surface area (Å²) in [5.74, 6) is -0.787. The van der Waals surface area contributed by atoms with Gasteiger partial charge in [-0.1, -0.05) is 12.1 Å². The number of aliphatic carboxylic acids is 1. The van der Waals surface area contributed by atoms with Crippen LogP contribution >= 0.6 is 0 Å². The number of para-hydroxylation sites is 1. The summed E-state index contributed by atoms with van der Waals surface area (Å²) in [7, 11) is 1.84. The van der Waals surface area contributed by atoms with Crippen LogP contribution in [0.1, 0.15) is 5.56 Å². The molecule has 0 atom stereocenters. The van der Waals surface area contributed by atoms with E-state index in [1.807, 2.05) is 20.0 Å². The highest BCUT2D eigenvalue weighted by Crippen LogP contribution is 2.26. The first kappa shape index (κ1) is 18.7. The Bertz CT molecular complexity index is 1530. The fraction of sp³-hybridized carbons (Fsp3) is 0.143. The van der Waals surface area contributed by atoms with Crippen LogP contribution in [0.5, 0.6) is 0 Å². The van der Waals surface area contributed by atoms with Crippen LogP contribution in [-0.4, -0.2) is 44.9 Å². The summed E-state index contributed by atoms with van der Waals surface area (Å²) >= 11 is 0. The van der Waals surface area contributed by atoms with Crippen LogP contribution in [0.4, 0.5) is 0 Å². The fourth-order valence-electron chi connectivity index (χ4n) is 3.81. The van der Waals surface area contributed by atoms with Crippen molar-refractivity contribution in [1.82, 2.24) is 33.9 Å². The van der Waals surface area contributed by atoms with Crippen LogP contribution in [-0.2, 0) is 18.4 Å². The highest BCUT2D eigenvalue weighted by molar-refractivity contribution is 5.92. The van der Waals surface area contributed by atoms with Crippen molar-refractivity contribution in [2.75, 3.05) is 0 Å². The van der Waals surface area contributed by atoms with Crippen molar-refractivity contribution in [1.29, 1.82) is 0 Å². The fourth-order valence-corrected chi connectivity index (χ4v) is 3.81. The van der Waals surface area contributed by atoms with E-state index < -0.39 is 18.2 Å². The molecule has 0 spiro atoms. The topological polar surface area (TPSA) is 121 Å². The van der Waals surface area contributed by atoms with E-state index >= 15 is 0 Å². The lowest BCUT2D eigenvalue weighted by Gasteiger charge is -2.06. The number of hydrogen-bond acceptors (Lipinski definition) is 6. The minimum atomic E-state index is -1.10. The zero-order chi connectivity index (χ0) is 21.7. The van der Waals surface area contributed by atoms with E-state index in [0.29, 0.717) is 22.5 Å². The number of carbonyl (C=O) groups is 1. The van der Waals surface area contributed by atoms with Gasteiger partial charge in [-0.05, 0) is 18.6 Å². The van der Waals surface area contributed by atoms with Gasteiger partial charge in [0.1, 0.15) is 6.54 Å². The van der Waals surface area contributed by atoms with Crippen LogP contribution in [0.3, 0.4) is 0 Å². The Labute approximate surface area is 175 Å². The lowest BCUT2D eigenvalue weighted by molar-refractivity contribution is -0.137. The Morgan fingerprint density at radius 3 is 2.65 bits per heavy atom. The molecule has 0 aliphatic carbocycles. The molecule has 0 saturated carbocycles. The summed E-state index contributed by atoms with van der Waals surface area (Å²) in [6.45, 7) is 1.42. The largest absolute Gasteiger partial charge is 0.480 e. The molecule has 5 rings (SSSR count). The second kappa shape index (κ2) is 6.87. The number of imidazole rings is 1. The molecule has 0 aliphatic rings. The van der Waals surface area contributed by atoms with Crippen molar-refractivity contribution in [3.63, 3.8) is 0 Å². The van der Waals surface area contributed by atoms with Gasteiger partial charge in [-0.3, -0.25) is 24.0 Å².